The van der Waals surface area contributed by atoms with Gasteiger partial charge in [-0.2, -0.15) is 0 Å². The molecular formula is C9H19N. The summed E-state index contributed by atoms with van der Waals surface area (Å²) >= 11 is 0. The molecule has 1 rings (SSSR count). The SMILES string of the molecule is CC(C)(C)CN1CCCC1. The van der Waals surface area contributed by atoms with E-state index < -0.39 is 0 Å². The Morgan fingerprint density at radius 1 is 1.10 bits per heavy atom. The highest BCUT2D eigenvalue weighted by atomic mass is 15.1. The number of nitrogens with zero attached hydrogens (tertiary/aromatic N) is 1. The lowest BCUT2D eigenvalue weighted by atomic mass is 9.96. The molecule has 0 aromatic rings. The van der Waals surface area contributed by atoms with Crippen molar-refractivity contribution < 1.29 is 0 Å². The van der Waals surface area contributed by atoms with Crippen LogP contribution in [-0.4, -0.2) is 24.5 Å². The van der Waals surface area contributed by atoms with Gasteiger partial charge >= 0.3 is 0 Å². The molecule has 0 aromatic heterocycles. The summed E-state index contributed by atoms with van der Waals surface area (Å²) in [6, 6.07) is 0. The topological polar surface area (TPSA) is 3.24 Å². The van der Waals surface area contributed by atoms with Gasteiger partial charge in [0.2, 0.25) is 0 Å². The third kappa shape index (κ3) is 2.70. The van der Waals surface area contributed by atoms with Gasteiger partial charge in [0.05, 0.1) is 0 Å². The van der Waals surface area contributed by atoms with Crippen molar-refractivity contribution in [2.24, 2.45) is 5.41 Å². The van der Waals surface area contributed by atoms with Crippen LogP contribution in [-0.2, 0) is 0 Å². The third-order valence-corrected chi connectivity index (χ3v) is 1.90. The molecule has 1 saturated heterocycles. The van der Waals surface area contributed by atoms with Crippen LogP contribution in [0.2, 0.25) is 0 Å². The summed E-state index contributed by atoms with van der Waals surface area (Å²) in [6.07, 6.45) is 2.83. The Morgan fingerprint density at radius 2 is 1.60 bits per heavy atom. The van der Waals surface area contributed by atoms with E-state index in [4.69, 9.17) is 0 Å². The molecule has 1 aliphatic rings. The van der Waals surface area contributed by atoms with E-state index in [2.05, 4.69) is 25.7 Å². The van der Waals surface area contributed by atoms with Gasteiger partial charge in [0.15, 0.2) is 0 Å². The normalized spacial score (nSPS) is 21.9. The number of hydrogen-bond acceptors (Lipinski definition) is 1. The van der Waals surface area contributed by atoms with Crippen LogP contribution in [0, 0.1) is 5.41 Å². The van der Waals surface area contributed by atoms with Gasteiger partial charge in [-0.05, 0) is 31.3 Å². The van der Waals surface area contributed by atoms with Crippen molar-refractivity contribution in [2.75, 3.05) is 19.6 Å². The molecule has 0 radical (unpaired) electrons. The van der Waals surface area contributed by atoms with Crippen molar-refractivity contribution >= 4 is 0 Å². The minimum Gasteiger partial charge on any atom is -0.303 e. The lowest BCUT2D eigenvalue weighted by Crippen LogP contribution is -2.29. The van der Waals surface area contributed by atoms with Crippen LogP contribution in [0.5, 0.6) is 0 Å². The summed E-state index contributed by atoms with van der Waals surface area (Å²) in [5, 5.41) is 0. The Hall–Kier alpha value is -0.0400. The molecule has 1 nitrogen and oxygen atoms in total. The van der Waals surface area contributed by atoms with E-state index in [9.17, 15) is 0 Å². The van der Waals surface area contributed by atoms with Gasteiger partial charge < -0.3 is 4.90 Å². The average Bonchev–Trinajstić information content (AvgIpc) is 2.12. The minimum absolute atomic E-state index is 0.490. The third-order valence-electron chi connectivity index (χ3n) is 1.90. The molecular weight excluding hydrogens is 122 g/mol. The van der Waals surface area contributed by atoms with Crippen molar-refractivity contribution in [1.82, 2.24) is 4.90 Å². The highest BCUT2D eigenvalue weighted by molar-refractivity contribution is 4.72. The maximum Gasteiger partial charge on any atom is 0.00300 e. The van der Waals surface area contributed by atoms with Gasteiger partial charge in [-0.3, -0.25) is 0 Å². The Balaban J connectivity index is 2.24. The summed E-state index contributed by atoms with van der Waals surface area (Å²) in [7, 11) is 0. The second kappa shape index (κ2) is 2.91. The average molecular weight is 141 g/mol. The molecule has 0 unspecified atom stereocenters. The van der Waals surface area contributed by atoms with Crippen LogP contribution in [0.25, 0.3) is 0 Å². The van der Waals surface area contributed by atoms with E-state index in [0.717, 1.165) is 0 Å². The molecule has 0 atom stereocenters. The molecule has 0 amide bonds. The lowest BCUT2D eigenvalue weighted by molar-refractivity contribution is 0.227. The fourth-order valence-electron chi connectivity index (χ4n) is 1.61. The number of rotatable bonds is 1. The van der Waals surface area contributed by atoms with E-state index in [0.29, 0.717) is 5.41 Å². The fraction of sp³-hybridized carbons (Fsp3) is 1.00. The number of likely N-dealkylation sites (tertiary alicyclic amines) is 1. The molecule has 0 aromatic carbocycles. The van der Waals surface area contributed by atoms with E-state index in [-0.39, 0.29) is 0 Å². The summed E-state index contributed by atoms with van der Waals surface area (Å²) in [4.78, 5) is 2.57. The fourth-order valence-corrected chi connectivity index (χ4v) is 1.61. The molecule has 0 saturated carbocycles. The molecule has 1 heterocycles. The van der Waals surface area contributed by atoms with Crippen LogP contribution < -0.4 is 0 Å². The molecule has 0 spiro atoms. The summed E-state index contributed by atoms with van der Waals surface area (Å²) in [6.45, 7) is 10.9. The van der Waals surface area contributed by atoms with Crippen molar-refractivity contribution in [3.05, 3.63) is 0 Å². The molecule has 0 N–H and O–H groups in total. The van der Waals surface area contributed by atoms with Crippen LogP contribution >= 0.6 is 0 Å². The second-order valence-corrected chi connectivity index (χ2v) is 4.54. The van der Waals surface area contributed by atoms with Crippen molar-refractivity contribution in [1.29, 1.82) is 0 Å². The van der Waals surface area contributed by atoms with Gasteiger partial charge in [-0.25, -0.2) is 0 Å². The zero-order chi connectivity index (χ0) is 7.61. The first-order valence-electron chi connectivity index (χ1n) is 4.30. The van der Waals surface area contributed by atoms with Gasteiger partial charge in [-0.15, -0.1) is 0 Å². The zero-order valence-electron chi connectivity index (χ0n) is 7.48. The Morgan fingerprint density at radius 3 is 2.00 bits per heavy atom. The van der Waals surface area contributed by atoms with Gasteiger partial charge in [0.1, 0.15) is 0 Å². The van der Waals surface area contributed by atoms with E-state index in [1.807, 2.05) is 0 Å². The quantitative estimate of drug-likeness (QED) is 0.540. The molecule has 1 heteroatoms. The van der Waals surface area contributed by atoms with Crippen LogP contribution in [0.15, 0.2) is 0 Å². The van der Waals surface area contributed by atoms with Crippen LogP contribution in [0.1, 0.15) is 33.6 Å². The predicted octanol–water partition coefficient (Wildman–Crippen LogP) is 2.13. The van der Waals surface area contributed by atoms with Crippen LogP contribution in [0.4, 0.5) is 0 Å². The maximum absolute atomic E-state index is 2.57. The molecule has 1 fully saturated rings. The highest BCUT2D eigenvalue weighted by Crippen LogP contribution is 2.18. The van der Waals surface area contributed by atoms with Gasteiger partial charge in [0, 0.05) is 6.54 Å². The van der Waals surface area contributed by atoms with E-state index in [1.54, 1.807) is 0 Å². The van der Waals surface area contributed by atoms with Crippen molar-refractivity contribution in [2.45, 2.75) is 33.6 Å². The standard InChI is InChI=1S/C9H19N/c1-9(2,3)8-10-6-4-5-7-10/h4-8H2,1-3H3. The van der Waals surface area contributed by atoms with Crippen molar-refractivity contribution in [3.63, 3.8) is 0 Å². The Bertz CT molecular complexity index is 95.8. The smallest absolute Gasteiger partial charge is 0.00300 e. The predicted molar refractivity (Wildman–Crippen MR) is 45.1 cm³/mol. The minimum atomic E-state index is 0.490. The second-order valence-electron chi connectivity index (χ2n) is 4.54. The summed E-state index contributed by atoms with van der Waals surface area (Å²) in [5.41, 5.74) is 0.490. The molecule has 10 heavy (non-hydrogen) atoms. The van der Waals surface area contributed by atoms with E-state index in [1.165, 1.54) is 32.5 Å². The van der Waals surface area contributed by atoms with Crippen molar-refractivity contribution in [3.8, 4) is 0 Å². The largest absolute Gasteiger partial charge is 0.303 e. The first-order chi connectivity index (χ1) is 4.58. The first-order valence-corrected chi connectivity index (χ1v) is 4.30. The van der Waals surface area contributed by atoms with Crippen LogP contribution in [0.3, 0.4) is 0 Å². The Kier molecular flexibility index (Phi) is 2.35. The number of hydrogen-bond donors (Lipinski definition) is 0. The summed E-state index contributed by atoms with van der Waals surface area (Å²) in [5.74, 6) is 0. The molecule has 0 aliphatic carbocycles. The molecule has 60 valence electrons. The zero-order valence-corrected chi connectivity index (χ0v) is 7.48. The van der Waals surface area contributed by atoms with Gasteiger partial charge in [-0.1, -0.05) is 20.8 Å². The molecule has 0 bridgehead atoms. The summed E-state index contributed by atoms with van der Waals surface area (Å²) < 4.78 is 0. The van der Waals surface area contributed by atoms with E-state index >= 15 is 0 Å². The monoisotopic (exact) mass is 141 g/mol. The first kappa shape index (κ1) is 8.06. The Labute approximate surface area is 64.4 Å². The highest BCUT2D eigenvalue weighted by Gasteiger charge is 2.18. The molecule has 1 aliphatic heterocycles. The maximum atomic E-state index is 2.57. The lowest BCUT2D eigenvalue weighted by Gasteiger charge is -2.25. The van der Waals surface area contributed by atoms with Gasteiger partial charge in [0.25, 0.3) is 0 Å².